The van der Waals surface area contributed by atoms with Crippen LogP contribution in [0.5, 0.6) is 0 Å². The number of aromatic nitrogens is 1. The van der Waals surface area contributed by atoms with Crippen molar-refractivity contribution in [2.45, 2.75) is 50.9 Å². The van der Waals surface area contributed by atoms with Gasteiger partial charge in [-0.2, -0.15) is 24.9 Å². The van der Waals surface area contributed by atoms with Crippen LogP contribution in [0.15, 0.2) is 66.9 Å². The van der Waals surface area contributed by atoms with Crippen molar-refractivity contribution in [3.63, 3.8) is 0 Å². The van der Waals surface area contributed by atoms with E-state index in [9.17, 15) is 27.9 Å². The van der Waals surface area contributed by atoms with E-state index in [0.717, 1.165) is 34.5 Å². The Morgan fingerprint density at radius 3 is 2.30 bits per heavy atom. The standard InChI is InChI=1S/C29H32F3N3O4S/c1-28(2,3)39-27(38)34-24(26(36)37)18-40-17-19-8-10-21(11-9-19)22-7-5-6-20(14-22)16-35(4)25-13-12-23(15-33-25)29(30,31)32/h5-15,24H,16-18H2,1-4H3,(H,34,38)(H,36,37). The molecule has 2 aromatic carbocycles. The zero-order valence-corrected chi connectivity index (χ0v) is 23.5. The molecule has 0 spiro atoms. The number of aliphatic carboxylic acids is 1. The number of alkyl carbamates (subject to hydrolysis) is 1. The van der Waals surface area contributed by atoms with Gasteiger partial charge < -0.3 is 20.1 Å². The minimum atomic E-state index is -4.42. The first-order valence-electron chi connectivity index (χ1n) is 12.4. The van der Waals surface area contributed by atoms with Crippen molar-refractivity contribution >= 4 is 29.6 Å². The summed E-state index contributed by atoms with van der Waals surface area (Å²) in [4.78, 5) is 29.2. The van der Waals surface area contributed by atoms with Gasteiger partial charge in [0.05, 0.1) is 5.56 Å². The van der Waals surface area contributed by atoms with Gasteiger partial charge >= 0.3 is 18.2 Å². The van der Waals surface area contributed by atoms with E-state index in [4.69, 9.17) is 4.74 Å². The number of hydrogen-bond acceptors (Lipinski definition) is 6. The predicted molar refractivity (Wildman–Crippen MR) is 150 cm³/mol. The smallest absolute Gasteiger partial charge is 0.417 e. The summed E-state index contributed by atoms with van der Waals surface area (Å²) in [5, 5.41) is 11.8. The Morgan fingerprint density at radius 2 is 1.73 bits per heavy atom. The average molecular weight is 576 g/mol. The number of halogens is 3. The molecule has 214 valence electrons. The number of alkyl halides is 3. The average Bonchev–Trinajstić information content (AvgIpc) is 2.87. The van der Waals surface area contributed by atoms with Gasteiger partial charge in [0.15, 0.2) is 0 Å². The van der Waals surface area contributed by atoms with E-state index in [1.807, 2.05) is 48.5 Å². The molecule has 0 aliphatic rings. The SMILES string of the molecule is CN(Cc1cccc(-c2ccc(CSCC(NC(=O)OC(C)(C)C)C(=O)O)cc2)c1)c1ccc(C(F)(F)F)cn1. The molecule has 40 heavy (non-hydrogen) atoms. The van der Waals surface area contributed by atoms with Crippen molar-refractivity contribution < 1.29 is 32.6 Å². The third kappa shape index (κ3) is 9.48. The number of pyridine rings is 1. The van der Waals surface area contributed by atoms with Crippen LogP contribution in [-0.4, -0.2) is 46.6 Å². The second-order valence-corrected chi connectivity index (χ2v) is 11.2. The lowest BCUT2D eigenvalue weighted by Crippen LogP contribution is -2.44. The van der Waals surface area contributed by atoms with Gasteiger partial charge in [-0.1, -0.05) is 42.5 Å². The highest BCUT2D eigenvalue weighted by molar-refractivity contribution is 7.98. The van der Waals surface area contributed by atoms with Gasteiger partial charge in [-0.05, 0) is 61.2 Å². The molecule has 11 heteroatoms. The summed E-state index contributed by atoms with van der Waals surface area (Å²) in [6, 6.07) is 17.0. The second-order valence-electron chi connectivity index (χ2n) is 10.2. The molecule has 1 atom stereocenters. The lowest BCUT2D eigenvalue weighted by Gasteiger charge is -2.21. The molecule has 0 saturated carbocycles. The number of ether oxygens (including phenoxy) is 1. The third-order valence-electron chi connectivity index (χ3n) is 5.64. The molecule has 1 amide bonds. The van der Waals surface area contributed by atoms with Crippen molar-refractivity contribution in [1.82, 2.24) is 10.3 Å². The van der Waals surface area contributed by atoms with E-state index < -0.39 is 35.4 Å². The van der Waals surface area contributed by atoms with E-state index in [1.54, 1.807) is 32.7 Å². The van der Waals surface area contributed by atoms with E-state index in [0.29, 0.717) is 18.1 Å². The zero-order valence-electron chi connectivity index (χ0n) is 22.7. The number of benzene rings is 2. The maximum Gasteiger partial charge on any atom is 0.417 e. The quantitative estimate of drug-likeness (QED) is 0.281. The topological polar surface area (TPSA) is 91.8 Å². The molecule has 1 unspecified atom stereocenters. The van der Waals surface area contributed by atoms with Crippen LogP contribution < -0.4 is 10.2 Å². The number of nitrogens with zero attached hydrogens (tertiary/aromatic N) is 2. The summed E-state index contributed by atoms with van der Waals surface area (Å²) in [7, 11) is 1.77. The summed E-state index contributed by atoms with van der Waals surface area (Å²) in [5.41, 5.74) is 2.44. The number of rotatable bonds is 10. The Balaban J connectivity index is 1.57. The summed E-state index contributed by atoms with van der Waals surface area (Å²) in [6.07, 6.45) is -4.36. The molecule has 1 aromatic heterocycles. The first kappa shape index (κ1) is 30.8. The summed E-state index contributed by atoms with van der Waals surface area (Å²) >= 11 is 1.39. The number of carboxylic acids is 1. The van der Waals surface area contributed by atoms with Crippen molar-refractivity contribution in [1.29, 1.82) is 0 Å². The molecular formula is C29H32F3N3O4S. The van der Waals surface area contributed by atoms with Crippen LogP contribution in [0.1, 0.15) is 37.5 Å². The van der Waals surface area contributed by atoms with E-state index in [1.165, 1.54) is 17.8 Å². The summed E-state index contributed by atoms with van der Waals surface area (Å²) in [5.74, 6) is 0.0464. The molecule has 1 heterocycles. The summed E-state index contributed by atoms with van der Waals surface area (Å²) < 4.78 is 43.6. The predicted octanol–water partition coefficient (Wildman–Crippen LogP) is 6.61. The number of nitrogens with one attached hydrogen (secondary N) is 1. The molecule has 3 rings (SSSR count). The number of carboxylic acid groups (broad SMARTS) is 1. The molecule has 3 aromatic rings. The molecule has 7 nitrogen and oxygen atoms in total. The van der Waals surface area contributed by atoms with E-state index in [-0.39, 0.29) is 5.75 Å². The van der Waals surface area contributed by atoms with Gasteiger partial charge in [0, 0.05) is 31.3 Å². The Labute approximate surface area is 235 Å². The zero-order chi connectivity index (χ0) is 29.5. The Morgan fingerprint density at radius 1 is 1.02 bits per heavy atom. The van der Waals surface area contributed by atoms with Gasteiger partial charge in [0.25, 0.3) is 0 Å². The van der Waals surface area contributed by atoms with Gasteiger partial charge in [-0.15, -0.1) is 0 Å². The molecule has 0 fully saturated rings. The molecule has 0 saturated heterocycles. The van der Waals surface area contributed by atoms with Gasteiger partial charge in [0.1, 0.15) is 17.5 Å². The first-order chi connectivity index (χ1) is 18.7. The molecule has 0 aliphatic carbocycles. The van der Waals surface area contributed by atoms with Crippen LogP contribution in [0, 0.1) is 0 Å². The summed E-state index contributed by atoms with van der Waals surface area (Å²) in [6.45, 7) is 5.58. The first-order valence-corrected chi connectivity index (χ1v) is 13.6. The maximum absolute atomic E-state index is 12.8. The van der Waals surface area contributed by atoms with Crippen molar-refractivity contribution in [3.8, 4) is 11.1 Å². The lowest BCUT2D eigenvalue weighted by atomic mass is 10.0. The van der Waals surface area contributed by atoms with Crippen LogP contribution in [-0.2, 0) is 28.0 Å². The number of carbonyl (C=O) groups is 2. The van der Waals surface area contributed by atoms with Crippen LogP contribution >= 0.6 is 11.8 Å². The monoisotopic (exact) mass is 575 g/mol. The molecule has 2 N–H and O–H groups in total. The van der Waals surface area contributed by atoms with Crippen molar-refractivity contribution in [2.24, 2.45) is 0 Å². The number of anilines is 1. The third-order valence-corrected chi connectivity index (χ3v) is 6.75. The highest BCUT2D eigenvalue weighted by Gasteiger charge is 2.30. The van der Waals surface area contributed by atoms with Crippen LogP contribution in [0.2, 0.25) is 0 Å². The lowest BCUT2D eigenvalue weighted by molar-refractivity contribution is -0.139. The number of hydrogen-bond donors (Lipinski definition) is 2. The van der Waals surface area contributed by atoms with Gasteiger partial charge in [-0.3, -0.25) is 0 Å². The highest BCUT2D eigenvalue weighted by atomic mass is 32.2. The molecular weight excluding hydrogens is 543 g/mol. The molecule has 0 bridgehead atoms. The van der Waals surface area contributed by atoms with Crippen molar-refractivity contribution in [3.05, 3.63) is 83.6 Å². The molecule has 0 aliphatic heterocycles. The Kier molecular flexibility index (Phi) is 10.1. The van der Waals surface area contributed by atoms with Crippen LogP contribution in [0.3, 0.4) is 0 Å². The fourth-order valence-electron chi connectivity index (χ4n) is 3.70. The fourth-order valence-corrected chi connectivity index (χ4v) is 4.70. The maximum atomic E-state index is 12.8. The van der Waals surface area contributed by atoms with Crippen molar-refractivity contribution in [2.75, 3.05) is 17.7 Å². The Hall–Kier alpha value is -3.73. The number of carbonyl (C=O) groups excluding carboxylic acids is 1. The van der Waals surface area contributed by atoms with Gasteiger partial charge in [-0.25, -0.2) is 14.6 Å². The molecule has 0 radical (unpaired) electrons. The van der Waals surface area contributed by atoms with Crippen LogP contribution in [0.4, 0.5) is 23.8 Å². The number of amides is 1. The highest BCUT2D eigenvalue weighted by Crippen LogP contribution is 2.29. The number of thioether (sulfide) groups is 1. The van der Waals surface area contributed by atoms with E-state index >= 15 is 0 Å². The van der Waals surface area contributed by atoms with Gasteiger partial charge in [0.2, 0.25) is 0 Å². The second kappa shape index (κ2) is 13.1. The fraction of sp³-hybridized carbons (Fsp3) is 0.345. The minimum absolute atomic E-state index is 0.180. The normalized spacial score (nSPS) is 12.5. The minimum Gasteiger partial charge on any atom is -0.480 e. The Bertz CT molecular complexity index is 1290. The van der Waals surface area contributed by atoms with E-state index in [2.05, 4.69) is 10.3 Å². The largest absolute Gasteiger partial charge is 0.480 e. The van der Waals surface area contributed by atoms with Crippen LogP contribution in [0.25, 0.3) is 11.1 Å².